The number of aliphatic hydroxyl groups excluding tert-OH is 1. The van der Waals surface area contributed by atoms with E-state index in [4.69, 9.17) is 0 Å². The summed E-state index contributed by atoms with van der Waals surface area (Å²) in [5.41, 5.74) is 0. The first-order chi connectivity index (χ1) is 7.65. The molecule has 0 radical (unpaired) electrons. The Bertz CT molecular complexity index is 225. The molecule has 1 saturated carbocycles. The third kappa shape index (κ3) is 4.39. The zero-order valence-electron chi connectivity index (χ0n) is 9.62. The van der Waals surface area contributed by atoms with Crippen molar-refractivity contribution in [1.82, 2.24) is 5.32 Å². The number of aliphatic hydroxyl groups is 1. The second-order valence-electron chi connectivity index (χ2n) is 4.26. The molecule has 3 unspecified atom stereocenters. The molecule has 0 spiro atoms. The highest BCUT2D eigenvalue weighted by Gasteiger charge is 2.23. The minimum absolute atomic E-state index is 0.187. The molecule has 3 atom stereocenters. The summed E-state index contributed by atoms with van der Waals surface area (Å²) >= 11 is 3.24. The molecule has 0 bridgehead atoms. The smallest absolute Gasteiger partial charge is 0.320 e. The standard InChI is InChI=1S/C11H20BrNO3/c1-16-11(15)9(12)7-13-6-8-4-2-3-5-10(8)14/h8-10,13-14H,2-7H2,1H3. The van der Waals surface area contributed by atoms with E-state index in [-0.39, 0.29) is 16.9 Å². The van der Waals surface area contributed by atoms with Gasteiger partial charge in [0, 0.05) is 13.1 Å². The Hall–Kier alpha value is -0.130. The number of carbonyl (C=O) groups excluding carboxylic acids is 1. The van der Waals surface area contributed by atoms with Crippen LogP contribution in [0.15, 0.2) is 0 Å². The van der Waals surface area contributed by atoms with Gasteiger partial charge in [-0.05, 0) is 18.8 Å². The van der Waals surface area contributed by atoms with Crippen molar-refractivity contribution in [2.24, 2.45) is 5.92 Å². The number of esters is 1. The average molecular weight is 294 g/mol. The Labute approximate surface area is 105 Å². The Morgan fingerprint density at radius 3 is 2.88 bits per heavy atom. The molecule has 2 N–H and O–H groups in total. The van der Waals surface area contributed by atoms with Crippen LogP contribution in [0.2, 0.25) is 0 Å². The van der Waals surface area contributed by atoms with Gasteiger partial charge in [-0.1, -0.05) is 28.8 Å². The maximum absolute atomic E-state index is 11.1. The number of hydrogen-bond acceptors (Lipinski definition) is 4. The van der Waals surface area contributed by atoms with Gasteiger partial charge in [-0.15, -0.1) is 0 Å². The number of nitrogens with one attached hydrogen (secondary N) is 1. The molecule has 0 amide bonds. The van der Waals surface area contributed by atoms with E-state index in [9.17, 15) is 9.90 Å². The molecule has 0 aliphatic heterocycles. The largest absolute Gasteiger partial charge is 0.468 e. The van der Waals surface area contributed by atoms with E-state index < -0.39 is 0 Å². The second kappa shape index (κ2) is 7.25. The zero-order valence-corrected chi connectivity index (χ0v) is 11.2. The molecule has 0 saturated heterocycles. The van der Waals surface area contributed by atoms with Crippen molar-refractivity contribution in [3.63, 3.8) is 0 Å². The summed E-state index contributed by atoms with van der Waals surface area (Å²) < 4.78 is 4.60. The average Bonchev–Trinajstić information content (AvgIpc) is 2.30. The number of rotatable bonds is 5. The number of hydrogen-bond donors (Lipinski definition) is 2. The van der Waals surface area contributed by atoms with Crippen molar-refractivity contribution in [3.05, 3.63) is 0 Å². The highest BCUT2D eigenvalue weighted by molar-refractivity contribution is 9.10. The van der Waals surface area contributed by atoms with Crippen LogP contribution in [-0.4, -0.2) is 42.2 Å². The van der Waals surface area contributed by atoms with Gasteiger partial charge >= 0.3 is 5.97 Å². The van der Waals surface area contributed by atoms with Crippen LogP contribution in [0.4, 0.5) is 0 Å². The SMILES string of the molecule is COC(=O)C(Br)CNCC1CCCCC1O. The minimum atomic E-state index is -0.307. The fraction of sp³-hybridized carbons (Fsp3) is 0.909. The molecule has 0 aromatic rings. The van der Waals surface area contributed by atoms with Crippen LogP contribution >= 0.6 is 15.9 Å². The van der Waals surface area contributed by atoms with Gasteiger partial charge in [0.2, 0.25) is 0 Å². The molecular formula is C11H20BrNO3. The maximum atomic E-state index is 11.1. The van der Waals surface area contributed by atoms with Crippen molar-refractivity contribution in [2.75, 3.05) is 20.2 Å². The van der Waals surface area contributed by atoms with E-state index in [1.165, 1.54) is 13.5 Å². The van der Waals surface area contributed by atoms with Crippen LogP contribution in [-0.2, 0) is 9.53 Å². The van der Waals surface area contributed by atoms with E-state index in [1.54, 1.807) is 0 Å². The number of ether oxygens (including phenoxy) is 1. The highest BCUT2D eigenvalue weighted by atomic mass is 79.9. The van der Waals surface area contributed by atoms with E-state index in [1.807, 2.05) is 0 Å². The lowest BCUT2D eigenvalue weighted by Crippen LogP contribution is -2.37. The Morgan fingerprint density at radius 2 is 2.25 bits per heavy atom. The third-order valence-electron chi connectivity index (χ3n) is 3.06. The summed E-state index contributed by atoms with van der Waals surface area (Å²) in [7, 11) is 1.38. The van der Waals surface area contributed by atoms with E-state index in [2.05, 4.69) is 26.0 Å². The van der Waals surface area contributed by atoms with Crippen molar-refractivity contribution in [1.29, 1.82) is 0 Å². The van der Waals surface area contributed by atoms with E-state index in [0.717, 1.165) is 25.8 Å². The predicted molar refractivity (Wildman–Crippen MR) is 65.6 cm³/mol. The quantitative estimate of drug-likeness (QED) is 0.588. The van der Waals surface area contributed by atoms with Gasteiger partial charge in [-0.2, -0.15) is 0 Å². The van der Waals surface area contributed by atoms with E-state index >= 15 is 0 Å². The Morgan fingerprint density at radius 1 is 1.56 bits per heavy atom. The molecule has 1 aliphatic rings. The molecule has 1 fully saturated rings. The number of halogens is 1. The van der Waals surface area contributed by atoms with Crippen LogP contribution in [0, 0.1) is 5.92 Å². The van der Waals surface area contributed by atoms with Crippen LogP contribution in [0.3, 0.4) is 0 Å². The molecule has 0 aromatic heterocycles. The van der Waals surface area contributed by atoms with Crippen molar-refractivity contribution in [3.8, 4) is 0 Å². The van der Waals surface area contributed by atoms with Crippen LogP contribution < -0.4 is 5.32 Å². The number of carbonyl (C=O) groups is 1. The lowest BCUT2D eigenvalue weighted by molar-refractivity contribution is -0.139. The molecular weight excluding hydrogens is 274 g/mol. The topological polar surface area (TPSA) is 58.6 Å². The summed E-state index contributed by atoms with van der Waals surface area (Å²) in [6, 6.07) is 0. The van der Waals surface area contributed by atoms with Crippen LogP contribution in [0.5, 0.6) is 0 Å². The predicted octanol–water partition coefficient (Wildman–Crippen LogP) is 1.06. The molecule has 94 valence electrons. The summed E-state index contributed by atoms with van der Waals surface area (Å²) in [5.74, 6) is 0.0581. The van der Waals surface area contributed by atoms with Gasteiger partial charge in [0.05, 0.1) is 13.2 Å². The summed E-state index contributed by atoms with van der Waals surface area (Å²) in [4.78, 5) is 10.8. The Balaban J connectivity index is 2.16. The van der Waals surface area contributed by atoms with Crippen LogP contribution in [0.1, 0.15) is 25.7 Å². The van der Waals surface area contributed by atoms with Gasteiger partial charge in [0.15, 0.2) is 0 Å². The summed E-state index contributed by atoms with van der Waals surface area (Å²) in [5, 5.41) is 12.9. The van der Waals surface area contributed by atoms with Gasteiger partial charge in [0.25, 0.3) is 0 Å². The Kier molecular flexibility index (Phi) is 6.31. The first kappa shape index (κ1) is 13.9. The van der Waals surface area contributed by atoms with Crippen molar-refractivity contribution >= 4 is 21.9 Å². The molecule has 1 rings (SSSR count). The summed E-state index contributed by atoms with van der Waals surface area (Å²) in [6.45, 7) is 1.30. The molecule has 4 nitrogen and oxygen atoms in total. The maximum Gasteiger partial charge on any atom is 0.320 e. The van der Waals surface area contributed by atoms with Gasteiger partial charge in [0.1, 0.15) is 4.83 Å². The lowest BCUT2D eigenvalue weighted by atomic mass is 9.86. The molecule has 0 heterocycles. The molecule has 5 heteroatoms. The fourth-order valence-electron chi connectivity index (χ4n) is 2.03. The van der Waals surface area contributed by atoms with E-state index in [0.29, 0.717) is 12.5 Å². The number of methoxy groups -OCH3 is 1. The number of alkyl halides is 1. The lowest BCUT2D eigenvalue weighted by Gasteiger charge is -2.27. The van der Waals surface area contributed by atoms with Crippen molar-refractivity contribution < 1.29 is 14.6 Å². The van der Waals surface area contributed by atoms with Gasteiger partial charge in [-0.25, -0.2) is 0 Å². The zero-order chi connectivity index (χ0) is 12.0. The summed E-state index contributed by atoms with van der Waals surface area (Å²) in [6.07, 6.45) is 4.10. The van der Waals surface area contributed by atoms with Crippen molar-refractivity contribution in [2.45, 2.75) is 36.6 Å². The van der Waals surface area contributed by atoms with Gasteiger partial charge < -0.3 is 15.2 Å². The molecule has 0 aromatic carbocycles. The first-order valence-electron chi connectivity index (χ1n) is 5.76. The second-order valence-corrected chi connectivity index (χ2v) is 5.37. The minimum Gasteiger partial charge on any atom is -0.468 e. The molecule has 1 aliphatic carbocycles. The molecule has 16 heavy (non-hydrogen) atoms. The monoisotopic (exact) mass is 293 g/mol. The normalized spacial score (nSPS) is 27.4. The fourth-order valence-corrected chi connectivity index (χ4v) is 2.45. The first-order valence-corrected chi connectivity index (χ1v) is 6.67. The van der Waals surface area contributed by atoms with Gasteiger partial charge in [-0.3, -0.25) is 4.79 Å². The third-order valence-corrected chi connectivity index (χ3v) is 3.75. The highest BCUT2D eigenvalue weighted by Crippen LogP contribution is 2.23. The van der Waals surface area contributed by atoms with Crippen LogP contribution in [0.25, 0.3) is 0 Å².